The summed E-state index contributed by atoms with van der Waals surface area (Å²) in [7, 11) is 0. The molecule has 2 rings (SSSR count). The van der Waals surface area contributed by atoms with Crippen molar-refractivity contribution in [2.75, 3.05) is 0 Å². The minimum Gasteiger partial charge on any atom is -0.467 e. The third-order valence-corrected chi connectivity index (χ3v) is 3.01. The summed E-state index contributed by atoms with van der Waals surface area (Å²) in [6, 6.07) is 13.5. The van der Waals surface area contributed by atoms with E-state index in [1.54, 1.807) is 12.3 Å². The summed E-state index contributed by atoms with van der Waals surface area (Å²) in [5.74, 6) is 0.655. The minimum atomic E-state index is -0.345. The fourth-order valence-electron chi connectivity index (χ4n) is 1.64. The summed E-state index contributed by atoms with van der Waals surface area (Å²) in [6.45, 7) is 0.400. The van der Waals surface area contributed by atoms with Crippen LogP contribution in [0, 0.1) is 0 Å². The quantitative estimate of drug-likeness (QED) is 0.812. The van der Waals surface area contributed by atoms with Gasteiger partial charge < -0.3 is 9.73 Å². The number of thiol groups is 1. The molecule has 0 saturated carbocycles. The van der Waals surface area contributed by atoms with Crippen LogP contribution in [0.4, 0.5) is 0 Å². The van der Waals surface area contributed by atoms with Gasteiger partial charge in [0.05, 0.1) is 18.1 Å². The molecule has 0 aliphatic heterocycles. The fourth-order valence-corrected chi connectivity index (χ4v) is 1.94. The van der Waals surface area contributed by atoms with E-state index in [1.807, 2.05) is 36.4 Å². The first kappa shape index (κ1) is 12.8. The molecule has 94 valence electrons. The van der Waals surface area contributed by atoms with Crippen LogP contribution in [0.2, 0.25) is 0 Å². The molecule has 0 saturated heterocycles. The second-order valence-corrected chi connectivity index (χ2v) is 4.63. The average molecular weight is 261 g/mol. The monoisotopic (exact) mass is 261 g/mol. The highest BCUT2D eigenvalue weighted by Gasteiger charge is 2.14. The Labute approximate surface area is 112 Å². The van der Waals surface area contributed by atoms with Gasteiger partial charge >= 0.3 is 0 Å². The minimum absolute atomic E-state index is 0.0846. The molecule has 0 aliphatic rings. The Bertz CT molecular complexity index is 482. The predicted octanol–water partition coefficient (Wildman–Crippen LogP) is 2.44. The van der Waals surface area contributed by atoms with Crippen LogP contribution in [0.1, 0.15) is 11.3 Å². The molecule has 3 nitrogen and oxygen atoms in total. The Morgan fingerprint density at radius 1 is 1.22 bits per heavy atom. The number of carbonyl (C=O) groups excluding carboxylic acids is 1. The number of hydrogen-bond acceptors (Lipinski definition) is 3. The number of furan rings is 1. The van der Waals surface area contributed by atoms with Gasteiger partial charge in [0, 0.05) is 0 Å². The molecule has 18 heavy (non-hydrogen) atoms. The molecule has 1 N–H and O–H groups in total. The van der Waals surface area contributed by atoms with Crippen LogP contribution < -0.4 is 5.32 Å². The molecule has 1 heterocycles. The maximum Gasteiger partial charge on any atom is 0.233 e. The van der Waals surface area contributed by atoms with E-state index in [0.717, 1.165) is 11.3 Å². The Hall–Kier alpha value is -1.68. The van der Waals surface area contributed by atoms with Crippen LogP contribution in [-0.4, -0.2) is 11.2 Å². The SMILES string of the molecule is O=C(NCc1ccco1)C(S)Cc1ccccc1. The van der Waals surface area contributed by atoms with Gasteiger partial charge in [-0.2, -0.15) is 12.6 Å². The lowest BCUT2D eigenvalue weighted by molar-refractivity contribution is -0.120. The molecule has 1 aromatic heterocycles. The van der Waals surface area contributed by atoms with E-state index in [1.165, 1.54) is 0 Å². The first-order valence-corrected chi connectivity index (χ1v) is 6.29. The van der Waals surface area contributed by atoms with Gasteiger partial charge in [0.25, 0.3) is 0 Å². The zero-order valence-corrected chi connectivity index (χ0v) is 10.8. The zero-order chi connectivity index (χ0) is 12.8. The highest BCUT2D eigenvalue weighted by molar-refractivity contribution is 7.81. The van der Waals surface area contributed by atoms with Crippen LogP contribution in [0.15, 0.2) is 53.1 Å². The molecule has 1 aromatic carbocycles. The molecule has 1 unspecified atom stereocenters. The molecule has 1 amide bonds. The molecular formula is C14H15NO2S. The lowest BCUT2D eigenvalue weighted by Crippen LogP contribution is -2.32. The number of carbonyl (C=O) groups is 1. The summed E-state index contributed by atoms with van der Waals surface area (Å²) in [5, 5.41) is 2.45. The van der Waals surface area contributed by atoms with E-state index < -0.39 is 0 Å². The van der Waals surface area contributed by atoms with E-state index in [9.17, 15) is 4.79 Å². The average Bonchev–Trinajstić information content (AvgIpc) is 2.90. The highest BCUT2D eigenvalue weighted by Crippen LogP contribution is 2.08. The molecule has 1 atom stereocenters. The molecule has 0 spiro atoms. The van der Waals surface area contributed by atoms with Crippen LogP contribution >= 0.6 is 12.6 Å². The maximum absolute atomic E-state index is 11.8. The van der Waals surface area contributed by atoms with Crippen molar-refractivity contribution in [3.63, 3.8) is 0 Å². The van der Waals surface area contributed by atoms with Crippen molar-refractivity contribution < 1.29 is 9.21 Å². The van der Waals surface area contributed by atoms with E-state index in [4.69, 9.17) is 4.42 Å². The number of benzene rings is 1. The second-order valence-electron chi connectivity index (χ2n) is 4.00. The zero-order valence-electron chi connectivity index (χ0n) is 9.87. The van der Waals surface area contributed by atoms with Crippen molar-refractivity contribution in [3.8, 4) is 0 Å². The Morgan fingerprint density at radius 2 is 2.00 bits per heavy atom. The predicted molar refractivity (Wildman–Crippen MR) is 73.5 cm³/mol. The molecule has 4 heteroatoms. The molecule has 0 fully saturated rings. The lowest BCUT2D eigenvalue weighted by Gasteiger charge is -2.10. The van der Waals surface area contributed by atoms with Crippen molar-refractivity contribution in [3.05, 3.63) is 60.1 Å². The number of hydrogen-bond donors (Lipinski definition) is 2. The Kier molecular flexibility index (Phi) is 4.47. The standard InChI is InChI=1S/C14H15NO2S/c16-14(15-10-12-7-4-8-17-12)13(18)9-11-5-2-1-3-6-11/h1-8,13,18H,9-10H2,(H,15,16). The van der Waals surface area contributed by atoms with Crippen LogP contribution in [0.5, 0.6) is 0 Å². The van der Waals surface area contributed by atoms with Crippen LogP contribution in [0.3, 0.4) is 0 Å². The van der Waals surface area contributed by atoms with Crippen molar-refractivity contribution in [2.24, 2.45) is 0 Å². The summed E-state index contributed by atoms with van der Waals surface area (Å²) < 4.78 is 5.14. The number of rotatable bonds is 5. The van der Waals surface area contributed by atoms with Crippen molar-refractivity contribution in [2.45, 2.75) is 18.2 Å². The first-order chi connectivity index (χ1) is 8.75. The van der Waals surface area contributed by atoms with Gasteiger partial charge in [0.2, 0.25) is 5.91 Å². The van der Waals surface area contributed by atoms with Gasteiger partial charge in [-0.05, 0) is 24.1 Å². The van der Waals surface area contributed by atoms with Crippen molar-refractivity contribution >= 4 is 18.5 Å². The van der Waals surface area contributed by atoms with Crippen LogP contribution in [-0.2, 0) is 17.8 Å². The van der Waals surface area contributed by atoms with Crippen molar-refractivity contribution in [1.29, 1.82) is 0 Å². The van der Waals surface area contributed by atoms with E-state index >= 15 is 0 Å². The summed E-state index contributed by atoms with van der Waals surface area (Å²) in [4.78, 5) is 11.8. The molecule has 0 bridgehead atoms. The van der Waals surface area contributed by atoms with Gasteiger partial charge in [-0.1, -0.05) is 30.3 Å². The summed E-state index contributed by atoms with van der Waals surface area (Å²) in [6.07, 6.45) is 2.21. The molecular weight excluding hydrogens is 246 g/mol. The van der Waals surface area contributed by atoms with Gasteiger partial charge in [-0.3, -0.25) is 4.79 Å². The summed E-state index contributed by atoms with van der Waals surface area (Å²) >= 11 is 4.33. The largest absolute Gasteiger partial charge is 0.467 e. The third kappa shape index (κ3) is 3.67. The van der Waals surface area contributed by atoms with Crippen LogP contribution in [0.25, 0.3) is 0 Å². The van der Waals surface area contributed by atoms with Gasteiger partial charge in [-0.25, -0.2) is 0 Å². The van der Waals surface area contributed by atoms with Gasteiger partial charge in [0.1, 0.15) is 5.76 Å². The lowest BCUT2D eigenvalue weighted by atomic mass is 10.1. The highest BCUT2D eigenvalue weighted by atomic mass is 32.1. The Balaban J connectivity index is 1.82. The molecule has 2 aromatic rings. The van der Waals surface area contributed by atoms with E-state index in [2.05, 4.69) is 17.9 Å². The number of amides is 1. The summed E-state index contributed by atoms with van der Waals surface area (Å²) in [5.41, 5.74) is 1.10. The van der Waals surface area contributed by atoms with E-state index in [0.29, 0.717) is 13.0 Å². The molecule has 0 aliphatic carbocycles. The third-order valence-electron chi connectivity index (χ3n) is 2.59. The first-order valence-electron chi connectivity index (χ1n) is 5.78. The van der Waals surface area contributed by atoms with Gasteiger partial charge in [0.15, 0.2) is 0 Å². The second kappa shape index (κ2) is 6.31. The van der Waals surface area contributed by atoms with Gasteiger partial charge in [-0.15, -0.1) is 0 Å². The Morgan fingerprint density at radius 3 is 2.67 bits per heavy atom. The van der Waals surface area contributed by atoms with Crippen molar-refractivity contribution in [1.82, 2.24) is 5.32 Å². The number of nitrogens with one attached hydrogen (secondary N) is 1. The van der Waals surface area contributed by atoms with E-state index in [-0.39, 0.29) is 11.2 Å². The smallest absolute Gasteiger partial charge is 0.233 e. The normalized spacial score (nSPS) is 12.1. The topological polar surface area (TPSA) is 42.2 Å². The molecule has 0 radical (unpaired) electrons. The fraction of sp³-hybridized carbons (Fsp3) is 0.214. The maximum atomic E-state index is 11.8.